The van der Waals surface area contributed by atoms with Gasteiger partial charge in [-0.25, -0.2) is 0 Å². The molecule has 6 heteroatoms. The van der Waals surface area contributed by atoms with E-state index >= 15 is 0 Å². The van der Waals surface area contributed by atoms with E-state index in [-0.39, 0.29) is 6.10 Å². The molecule has 1 aromatic rings. The van der Waals surface area contributed by atoms with Crippen LogP contribution in [0.15, 0.2) is 35.3 Å². The first kappa shape index (κ1) is 22.6. The van der Waals surface area contributed by atoms with Crippen LogP contribution in [0.2, 0.25) is 0 Å². The van der Waals surface area contributed by atoms with E-state index in [1.165, 1.54) is 31.2 Å². The van der Waals surface area contributed by atoms with Crippen molar-refractivity contribution in [2.24, 2.45) is 10.4 Å². The van der Waals surface area contributed by atoms with E-state index in [0.717, 1.165) is 64.9 Å². The van der Waals surface area contributed by atoms with Gasteiger partial charge in [-0.15, -0.1) is 0 Å². The molecule has 2 aliphatic heterocycles. The molecule has 31 heavy (non-hydrogen) atoms. The van der Waals surface area contributed by atoms with Gasteiger partial charge in [-0.3, -0.25) is 9.89 Å². The fraction of sp³-hybridized carbons (Fsp3) is 0.720. The van der Waals surface area contributed by atoms with E-state index < -0.39 is 0 Å². The topological polar surface area (TPSA) is 49.3 Å². The number of aliphatic imine (C=N–C) groups is 1. The Morgan fingerprint density at radius 3 is 2.77 bits per heavy atom. The Labute approximate surface area is 188 Å². The molecule has 3 fully saturated rings. The molecule has 0 amide bonds. The molecule has 1 N–H and O–H groups in total. The fourth-order valence-electron chi connectivity index (χ4n) is 5.62. The molecule has 4 rings (SSSR count). The van der Waals surface area contributed by atoms with Crippen LogP contribution >= 0.6 is 0 Å². The lowest BCUT2D eigenvalue weighted by Crippen LogP contribution is -2.50. The van der Waals surface area contributed by atoms with Crippen molar-refractivity contribution in [3.8, 4) is 0 Å². The number of likely N-dealkylation sites (tertiary alicyclic amines) is 1. The van der Waals surface area contributed by atoms with E-state index in [4.69, 9.17) is 9.47 Å². The standard InChI is InChI=1S/C25H40N4O2/c1-3-30-15-13-25(11-7-8-12-25)20-27-24(26-2)29-18-22-23(19-29)31-16-14-28(22)17-21-9-5-4-6-10-21/h4-6,9-10,22-23H,3,7-8,11-20H2,1-2H3,(H,26,27). The number of fused-ring (bicyclic) bond motifs is 1. The highest BCUT2D eigenvalue weighted by Gasteiger charge is 2.41. The van der Waals surface area contributed by atoms with Crippen LogP contribution in [0.1, 0.15) is 44.6 Å². The number of rotatable bonds is 8. The van der Waals surface area contributed by atoms with Gasteiger partial charge < -0.3 is 19.7 Å². The number of benzene rings is 1. The van der Waals surface area contributed by atoms with E-state index in [0.29, 0.717) is 11.5 Å². The van der Waals surface area contributed by atoms with Crippen molar-refractivity contribution in [1.82, 2.24) is 15.1 Å². The zero-order chi connectivity index (χ0) is 21.5. The van der Waals surface area contributed by atoms with Crippen LogP contribution in [-0.2, 0) is 16.0 Å². The first-order valence-corrected chi connectivity index (χ1v) is 12.2. The Morgan fingerprint density at radius 2 is 2.03 bits per heavy atom. The number of morpholine rings is 1. The SMILES string of the molecule is CCOCCC1(CNC(=NC)N2CC3OCCN(Cc4ccccc4)C3C2)CCCC1. The van der Waals surface area contributed by atoms with Crippen LogP contribution in [-0.4, -0.2) is 81.0 Å². The third-order valence-corrected chi connectivity index (χ3v) is 7.42. The summed E-state index contributed by atoms with van der Waals surface area (Å²) in [5.74, 6) is 1.03. The molecule has 2 unspecified atom stereocenters. The first-order valence-electron chi connectivity index (χ1n) is 12.2. The largest absolute Gasteiger partial charge is 0.382 e. The van der Waals surface area contributed by atoms with Crippen molar-refractivity contribution >= 4 is 5.96 Å². The number of hydrogen-bond acceptors (Lipinski definition) is 4. The number of hydrogen-bond donors (Lipinski definition) is 1. The van der Waals surface area contributed by atoms with Crippen molar-refractivity contribution in [3.05, 3.63) is 35.9 Å². The summed E-state index contributed by atoms with van der Waals surface area (Å²) in [6, 6.07) is 11.2. The highest BCUT2D eigenvalue weighted by molar-refractivity contribution is 5.80. The monoisotopic (exact) mass is 428 g/mol. The Kier molecular flexibility index (Phi) is 7.86. The normalized spacial score (nSPS) is 26.3. The van der Waals surface area contributed by atoms with Crippen molar-refractivity contribution < 1.29 is 9.47 Å². The molecule has 6 nitrogen and oxygen atoms in total. The van der Waals surface area contributed by atoms with Gasteiger partial charge in [0.05, 0.1) is 18.8 Å². The van der Waals surface area contributed by atoms with Crippen molar-refractivity contribution in [2.45, 2.75) is 57.7 Å². The summed E-state index contributed by atoms with van der Waals surface area (Å²) in [4.78, 5) is 9.65. The van der Waals surface area contributed by atoms with E-state index in [1.54, 1.807) is 0 Å². The van der Waals surface area contributed by atoms with Gasteiger partial charge in [0.2, 0.25) is 0 Å². The van der Waals surface area contributed by atoms with Gasteiger partial charge in [-0.1, -0.05) is 43.2 Å². The minimum atomic E-state index is 0.259. The highest BCUT2D eigenvalue weighted by Crippen LogP contribution is 2.40. The van der Waals surface area contributed by atoms with Gasteiger partial charge in [0.25, 0.3) is 0 Å². The lowest BCUT2D eigenvalue weighted by molar-refractivity contribution is -0.0502. The Hall–Kier alpha value is -1.63. The smallest absolute Gasteiger partial charge is 0.193 e. The van der Waals surface area contributed by atoms with Crippen LogP contribution in [0.4, 0.5) is 0 Å². The molecule has 2 atom stereocenters. The zero-order valence-electron chi connectivity index (χ0n) is 19.4. The van der Waals surface area contributed by atoms with Gasteiger partial charge >= 0.3 is 0 Å². The lowest BCUT2D eigenvalue weighted by Gasteiger charge is -2.36. The molecular weight excluding hydrogens is 388 g/mol. The van der Waals surface area contributed by atoms with E-state index in [9.17, 15) is 0 Å². The maximum atomic E-state index is 6.18. The summed E-state index contributed by atoms with van der Waals surface area (Å²) in [6.45, 7) is 9.44. The minimum Gasteiger partial charge on any atom is -0.382 e. The summed E-state index contributed by atoms with van der Waals surface area (Å²) in [5.41, 5.74) is 1.73. The Bertz CT molecular complexity index is 705. The van der Waals surface area contributed by atoms with Crippen molar-refractivity contribution in [1.29, 1.82) is 0 Å². The molecule has 3 aliphatic rings. The second-order valence-corrected chi connectivity index (χ2v) is 9.39. The maximum absolute atomic E-state index is 6.18. The zero-order valence-corrected chi connectivity index (χ0v) is 19.4. The molecule has 0 spiro atoms. The number of nitrogens with one attached hydrogen (secondary N) is 1. The van der Waals surface area contributed by atoms with E-state index in [1.807, 2.05) is 7.05 Å². The van der Waals surface area contributed by atoms with Gasteiger partial charge in [-0.2, -0.15) is 0 Å². The Morgan fingerprint density at radius 1 is 1.23 bits per heavy atom. The average molecular weight is 429 g/mol. The molecule has 1 aliphatic carbocycles. The summed E-state index contributed by atoms with van der Waals surface area (Å²) in [6.07, 6.45) is 6.66. The van der Waals surface area contributed by atoms with Gasteiger partial charge in [0.1, 0.15) is 0 Å². The quantitative estimate of drug-likeness (QED) is 0.392. The van der Waals surface area contributed by atoms with E-state index in [2.05, 4.69) is 57.4 Å². The molecule has 172 valence electrons. The number of nitrogens with zero attached hydrogens (tertiary/aromatic N) is 3. The number of ether oxygens (including phenoxy) is 2. The minimum absolute atomic E-state index is 0.259. The van der Waals surface area contributed by atoms with Crippen LogP contribution in [0.5, 0.6) is 0 Å². The summed E-state index contributed by atoms with van der Waals surface area (Å²) in [5, 5.41) is 3.74. The van der Waals surface area contributed by atoms with Gasteiger partial charge in [0.15, 0.2) is 5.96 Å². The molecule has 0 aromatic heterocycles. The lowest BCUT2D eigenvalue weighted by atomic mass is 9.83. The molecule has 0 radical (unpaired) electrons. The summed E-state index contributed by atoms with van der Waals surface area (Å²) in [7, 11) is 1.91. The van der Waals surface area contributed by atoms with Crippen LogP contribution < -0.4 is 5.32 Å². The third-order valence-electron chi connectivity index (χ3n) is 7.42. The first-order chi connectivity index (χ1) is 15.2. The predicted molar refractivity (Wildman–Crippen MR) is 125 cm³/mol. The summed E-state index contributed by atoms with van der Waals surface area (Å²) >= 11 is 0. The molecule has 0 bridgehead atoms. The van der Waals surface area contributed by atoms with Crippen LogP contribution in [0.3, 0.4) is 0 Å². The highest BCUT2D eigenvalue weighted by atomic mass is 16.5. The molecule has 1 saturated carbocycles. The molecule has 2 heterocycles. The van der Waals surface area contributed by atoms with Crippen LogP contribution in [0.25, 0.3) is 0 Å². The third kappa shape index (κ3) is 5.60. The molecule has 1 aromatic carbocycles. The Balaban J connectivity index is 1.35. The van der Waals surface area contributed by atoms with Crippen LogP contribution in [0, 0.1) is 5.41 Å². The number of guanidine groups is 1. The second kappa shape index (κ2) is 10.8. The van der Waals surface area contributed by atoms with Gasteiger partial charge in [0, 0.05) is 53.0 Å². The average Bonchev–Trinajstić information content (AvgIpc) is 3.44. The second-order valence-electron chi connectivity index (χ2n) is 9.39. The predicted octanol–water partition coefficient (Wildman–Crippen LogP) is 3.13. The molecular formula is C25H40N4O2. The van der Waals surface area contributed by atoms with Crippen molar-refractivity contribution in [3.63, 3.8) is 0 Å². The fourth-order valence-corrected chi connectivity index (χ4v) is 5.62. The maximum Gasteiger partial charge on any atom is 0.193 e. The van der Waals surface area contributed by atoms with Crippen molar-refractivity contribution in [2.75, 3.05) is 53.0 Å². The van der Waals surface area contributed by atoms with Gasteiger partial charge in [-0.05, 0) is 37.2 Å². The summed E-state index contributed by atoms with van der Waals surface area (Å²) < 4.78 is 11.9. The molecule has 2 saturated heterocycles.